The summed E-state index contributed by atoms with van der Waals surface area (Å²) in [6.07, 6.45) is 0. The molecule has 1 amide bonds. The summed E-state index contributed by atoms with van der Waals surface area (Å²) < 4.78 is 14.7. The van der Waals surface area contributed by atoms with Gasteiger partial charge in [0.2, 0.25) is 5.43 Å². The molecule has 2 aromatic heterocycles. The summed E-state index contributed by atoms with van der Waals surface area (Å²) in [5.41, 5.74) is -0.402. The molecule has 0 aliphatic heterocycles. The molecule has 8 nitrogen and oxygen atoms in total. The van der Waals surface area contributed by atoms with Crippen LogP contribution in [0, 0.1) is 22.9 Å². The van der Waals surface area contributed by atoms with Crippen molar-refractivity contribution in [3.05, 3.63) is 115 Å². The molecule has 0 spiro atoms. The van der Waals surface area contributed by atoms with E-state index in [1.165, 1.54) is 69.4 Å². The molecule has 0 unspecified atom stereocenters. The molecule has 2 heterocycles. The first-order valence-electron chi connectivity index (χ1n) is 9.80. The van der Waals surface area contributed by atoms with E-state index in [1.54, 1.807) is 13.0 Å². The lowest BCUT2D eigenvalue weighted by Gasteiger charge is -2.22. The van der Waals surface area contributed by atoms with Gasteiger partial charge >= 0.3 is 0 Å². The number of hydrogen-bond acceptors (Lipinski definition) is 6. The Morgan fingerprint density at radius 2 is 1.88 bits per heavy atom. The maximum absolute atomic E-state index is 13.5. The number of rotatable bonds is 6. The summed E-state index contributed by atoms with van der Waals surface area (Å²) in [4.78, 5) is 39.4. The van der Waals surface area contributed by atoms with Crippen molar-refractivity contribution in [3.63, 3.8) is 0 Å². The first kappa shape index (κ1) is 22.0. The van der Waals surface area contributed by atoms with E-state index in [4.69, 9.17) is 0 Å². The number of nitrogens with zero attached hydrogens (tertiary/aromatic N) is 4. The molecule has 0 fully saturated rings. The minimum Gasteiger partial charge on any atom is -0.302 e. The maximum Gasteiger partial charge on any atom is 0.294 e. The Morgan fingerprint density at radius 3 is 2.55 bits per heavy atom. The second-order valence-electron chi connectivity index (χ2n) is 7.10. The average Bonchev–Trinajstić information content (AvgIpc) is 3.31. The van der Waals surface area contributed by atoms with E-state index < -0.39 is 27.8 Å². The van der Waals surface area contributed by atoms with Gasteiger partial charge in [0.25, 0.3) is 11.6 Å². The van der Waals surface area contributed by atoms with E-state index in [2.05, 4.69) is 5.10 Å². The fourth-order valence-corrected chi connectivity index (χ4v) is 4.02. The van der Waals surface area contributed by atoms with E-state index in [0.29, 0.717) is 11.4 Å². The van der Waals surface area contributed by atoms with E-state index in [0.717, 1.165) is 4.88 Å². The van der Waals surface area contributed by atoms with Crippen molar-refractivity contribution in [1.29, 1.82) is 0 Å². The van der Waals surface area contributed by atoms with E-state index in [9.17, 15) is 24.1 Å². The van der Waals surface area contributed by atoms with Crippen molar-refractivity contribution in [3.8, 4) is 5.69 Å². The van der Waals surface area contributed by atoms with Gasteiger partial charge in [-0.1, -0.05) is 18.2 Å². The lowest BCUT2D eigenvalue weighted by Crippen LogP contribution is -2.36. The normalized spacial score (nSPS) is 10.7. The van der Waals surface area contributed by atoms with Crippen molar-refractivity contribution < 1.29 is 14.1 Å². The zero-order valence-corrected chi connectivity index (χ0v) is 18.2. The first-order valence-corrected chi connectivity index (χ1v) is 10.7. The number of amides is 1. The highest BCUT2D eigenvalue weighted by atomic mass is 32.1. The third-order valence-corrected chi connectivity index (χ3v) is 5.76. The molecule has 0 N–H and O–H groups in total. The maximum atomic E-state index is 13.5. The molecule has 0 aliphatic rings. The van der Waals surface area contributed by atoms with Crippen LogP contribution in [-0.2, 0) is 6.54 Å². The number of nitro benzene ring substituents is 1. The lowest BCUT2D eigenvalue weighted by atomic mass is 10.2. The number of carbonyl (C=O) groups excluding carboxylic acids is 1. The number of nitro groups is 1. The van der Waals surface area contributed by atoms with Gasteiger partial charge in [-0.3, -0.25) is 19.7 Å². The molecule has 0 bridgehead atoms. The molecular formula is C23H17FN4O4S. The van der Waals surface area contributed by atoms with Crippen molar-refractivity contribution in [1.82, 2.24) is 9.78 Å². The van der Waals surface area contributed by atoms with Gasteiger partial charge in [-0.25, -0.2) is 9.07 Å². The highest BCUT2D eigenvalue weighted by molar-refractivity contribution is 7.09. The summed E-state index contributed by atoms with van der Waals surface area (Å²) in [5.74, 6) is -1.16. The third kappa shape index (κ3) is 4.55. The van der Waals surface area contributed by atoms with Crippen LogP contribution in [0.25, 0.3) is 5.69 Å². The number of para-hydroxylation sites is 2. The van der Waals surface area contributed by atoms with Gasteiger partial charge in [-0.15, -0.1) is 11.3 Å². The Bertz CT molecular complexity index is 1380. The zero-order valence-electron chi connectivity index (χ0n) is 17.3. The van der Waals surface area contributed by atoms with Crippen LogP contribution in [0.2, 0.25) is 0 Å². The van der Waals surface area contributed by atoms with Crippen LogP contribution < -0.4 is 10.3 Å². The molecule has 0 aliphatic carbocycles. The van der Waals surface area contributed by atoms with Gasteiger partial charge < -0.3 is 4.90 Å². The van der Waals surface area contributed by atoms with Crippen LogP contribution in [0.3, 0.4) is 0 Å². The standard InChI is InChI=1S/C23H17FN4O4S/c1-15-13-21(29)22(25-27(15)19-6-2-3-7-20(19)28(31)32)23(30)26(14-18-5-4-12-33-18)17-10-8-16(24)9-11-17/h2-13H,14H2,1H3. The number of carbonyl (C=O) groups is 1. The molecule has 0 radical (unpaired) electrons. The Morgan fingerprint density at radius 1 is 1.15 bits per heavy atom. The molecule has 166 valence electrons. The van der Waals surface area contributed by atoms with Gasteiger partial charge in [0.1, 0.15) is 11.5 Å². The van der Waals surface area contributed by atoms with Gasteiger partial charge in [-0.2, -0.15) is 5.10 Å². The molecule has 33 heavy (non-hydrogen) atoms. The Labute approximate surface area is 191 Å². The predicted octanol–water partition coefficient (Wildman–Crippen LogP) is 4.50. The van der Waals surface area contributed by atoms with Gasteiger partial charge in [0, 0.05) is 28.4 Å². The van der Waals surface area contributed by atoms with Gasteiger partial charge in [0.05, 0.1) is 11.5 Å². The summed E-state index contributed by atoms with van der Waals surface area (Å²) in [7, 11) is 0. The van der Waals surface area contributed by atoms with Crippen molar-refractivity contribution in [2.75, 3.05) is 4.90 Å². The van der Waals surface area contributed by atoms with Crippen LogP contribution in [-0.4, -0.2) is 20.6 Å². The summed E-state index contributed by atoms with van der Waals surface area (Å²) in [5, 5.41) is 17.6. The second-order valence-corrected chi connectivity index (χ2v) is 8.14. The van der Waals surface area contributed by atoms with E-state index in [1.807, 2.05) is 17.5 Å². The summed E-state index contributed by atoms with van der Waals surface area (Å²) in [6.45, 7) is 1.71. The lowest BCUT2D eigenvalue weighted by molar-refractivity contribution is -0.384. The minimum absolute atomic E-state index is 0.126. The van der Waals surface area contributed by atoms with Crippen molar-refractivity contribution in [2.24, 2.45) is 0 Å². The van der Waals surface area contributed by atoms with Crippen LogP contribution in [0.15, 0.2) is 76.9 Å². The summed E-state index contributed by atoms with van der Waals surface area (Å²) in [6, 6.07) is 16.1. The minimum atomic E-state index is -0.702. The second kappa shape index (κ2) is 9.13. The smallest absolute Gasteiger partial charge is 0.294 e. The van der Waals surface area contributed by atoms with Crippen LogP contribution in [0.4, 0.5) is 15.8 Å². The van der Waals surface area contributed by atoms with Crippen LogP contribution >= 0.6 is 11.3 Å². The number of hydrogen-bond donors (Lipinski definition) is 0. The molecule has 0 saturated carbocycles. The molecule has 2 aromatic carbocycles. The molecule has 4 aromatic rings. The van der Waals surface area contributed by atoms with Gasteiger partial charge in [-0.05, 0) is 48.7 Å². The highest BCUT2D eigenvalue weighted by Crippen LogP contribution is 2.24. The topological polar surface area (TPSA) is 98.3 Å². The van der Waals surface area contributed by atoms with E-state index in [-0.39, 0.29) is 17.9 Å². The summed E-state index contributed by atoms with van der Waals surface area (Å²) >= 11 is 1.43. The average molecular weight is 464 g/mol. The van der Waals surface area contributed by atoms with Crippen LogP contribution in [0.1, 0.15) is 21.1 Å². The number of anilines is 1. The molecule has 10 heteroatoms. The predicted molar refractivity (Wildman–Crippen MR) is 122 cm³/mol. The Hall–Kier alpha value is -4.18. The highest BCUT2D eigenvalue weighted by Gasteiger charge is 2.25. The zero-order chi connectivity index (χ0) is 23.5. The van der Waals surface area contributed by atoms with Gasteiger partial charge in [0.15, 0.2) is 5.69 Å². The Kier molecular flexibility index (Phi) is 6.09. The number of aryl methyl sites for hydroxylation is 1. The molecule has 0 saturated heterocycles. The monoisotopic (exact) mass is 464 g/mol. The molecule has 4 rings (SSSR count). The number of halogens is 1. The fraction of sp³-hybridized carbons (Fsp3) is 0.0870. The first-order chi connectivity index (χ1) is 15.8. The molecule has 0 atom stereocenters. The third-order valence-electron chi connectivity index (χ3n) is 4.89. The number of aromatic nitrogens is 2. The Balaban J connectivity index is 1.83. The fourth-order valence-electron chi connectivity index (χ4n) is 3.32. The SMILES string of the molecule is Cc1cc(=O)c(C(=O)N(Cc2cccs2)c2ccc(F)cc2)nn1-c1ccccc1[N+](=O)[O-]. The molecular weight excluding hydrogens is 447 g/mol. The number of benzene rings is 2. The largest absolute Gasteiger partial charge is 0.302 e. The van der Waals surface area contributed by atoms with E-state index >= 15 is 0 Å². The number of thiophene rings is 1. The van der Waals surface area contributed by atoms with Crippen LogP contribution in [0.5, 0.6) is 0 Å². The quantitative estimate of drug-likeness (QED) is 0.309. The van der Waals surface area contributed by atoms with Crippen molar-refractivity contribution >= 4 is 28.6 Å². The van der Waals surface area contributed by atoms with Crippen molar-refractivity contribution in [2.45, 2.75) is 13.5 Å².